The van der Waals surface area contributed by atoms with Crippen molar-refractivity contribution in [1.82, 2.24) is 13.7 Å². The molecule has 656 valence electrons. The summed E-state index contributed by atoms with van der Waals surface area (Å²) in [7, 11) is 0. The van der Waals surface area contributed by atoms with Crippen LogP contribution in [0.15, 0.2) is 444 Å². The first kappa shape index (κ1) is 80.3. The van der Waals surface area contributed by atoms with Gasteiger partial charge in [-0.3, -0.25) is 0 Å². The first-order valence-electron chi connectivity index (χ1n) is 47.5. The van der Waals surface area contributed by atoms with Crippen molar-refractivity contribution in [2.45, 2.75) is 57.8 Å². The highest BCUT2D eigenvalue weighted by Crippen LogP contribution is 2.58. The van der Waals surface area contributed by atoms with E-state index >= 15 is 0 Å². The maximum atomic E-state index is 6.80. The Morgan fingerprint density at radius 3 is 0.877 bits per heavy atom. The van der Waals surface area contributed by atoms with Crippen molar-refractivity contribution in [3.8, 4) is 107 Å². The smallest absolute Gasteiger partial charge is 0.178 e. The van der Waals surface area contributed by atoms with Gasteiger partial charge in [0.2, 0.25) is 0 Å². The highest BCUT2D eigenvalue weighted by atomic mass is 16.5. The van der Waals surface area contributed by atoms with Gasteiger partial charge in [-0.15, -0.1) is 0 Å². The Labute approximate surface area is 796 Å². The summed E-state index contributed by atoms with van der Waals surface area (Å²) in [5.74, 6) is 5.08. The molecule has 0 spiro atoms. The summed E-state index contributed by atoms with van der Waals surface area (Å²) in [6.07, 6.45) is 0. The molecule has 3 aliphatic rings. The molecule has 9 heterocycles. The molecule has 0 aliphatic carbocycles. The molecule has 6 aromatic heterocycles. The zero-order valence-corrected chi connectivity index (χ0v) is 76.8. The molecule has 0 N–H and O–H groups in total. The van der Waals surface area contributed by atoms with E-state index in [1.54, 1.807) is 0 Å². The molecule has 0 atom stereocenters. The highest BCUT2D eigenvalue weighted by molar-refractivity contribution is 6.15. The lowest BCUT2D eigenvalue weighted by Crippen LogP contribution is -2.24. The van der Waals surface area contributed by atoms with Crippen molar-refractivity contribution in [2.75, 3.05) is 0 Å². The van der Waals surface area contributed by atoms with E-state index in [4.69, 9.17) is 27.5 Å². The Morgan fingerprint density at radius 2 is 0.442 bits per heavy atom. The van der Waals surface area contributed by atoms with E-state index < -0.39 is 0 Å². The minimum atomic E-state index is -0.280. The third kappa shape index (κ3) is 12.5. The van der Waals surface area contributed by atoms with Crippen LogP contribution in [0.3, 0.4) is 0 Å². The number of hydrogen-bond acceptors (Lipinski definition) is 6. The van der Waals surface area contributed by atoms with Gasteiger partial charge >= 0.3 is 0 Å². The van der Waals surface area contributed by atoms with Gasteiger partial charge in [0.15, 0.2) is 34.0 Å². The van der Waals surface area contributed by atoms with Crippen LogP contribution in [0.2, 0.25) is 0 Å². The zero-order valence-electron chi connectivity index (χ0n) is 76.8. The third-order valence-electron chi connectivity index (χ3n) is 29.6. The van der Waals surface area contributed by atoms with Crippen LogP contribution >= 0.6 is 0 Å². The summed E-state index contributed by atoms with van der Waals surface area (Å²) in [5.41, 5.74) is 33.7. The Hall–Kier alpha value is -17.4. The van der Waals surface area contributed by atoms with E-state index in [1.165, 1.54) is 132 Å². The fourth-order valence-electron chi connectivity index (χ4n) is 22.4. The van der Waals surface area contributed by atoms with Crippen molar-refractivity contribution in [2.24, 2.45) is 0 Å². The average molecular weight is 1780 g/mol. The Balaban J connectivity index is 0.000000105. The molecule has 29 rings (SSSR count). The van der Waals surface area contributed by atoms with Crippen LogP contribution in [0.4, 0.5) is 0 Å². The lowest BCUT2D eigenvalue weighted by Gasteiger charge is -2.34. The molecule has 0 fully saturated rings. The predicted octanol–water partition coefficient (Wildman–Crippen LogP) is 35.7. The second kappa shape index (κ2) is 30.8. The van der Waals surface area contributed by atoms with Crippen LogP contribution in [-0.4, -0.2) is 13.7 Å². The normalized spacial score (nSPS) is 13.6. The molecule has 0 unspecified atom stereocenters. The van der Waals surface area contributed by atoms with Gasteiger partial charge in [0.1, 0.15) is 34.0 Å². The Morgan fingerprint density at radius 1 is 0.167 bits per heavy atom. The van der Waals surface area contributed by atoms with E-state index in [1.807, 2.05) is 36.4 Å². The van der Waals surface area contributed by atoms with Crippen LogP contribution in [-0.2, 0) is 16.2 Å². The maximum Gasteiger partial charge on any atom is 0.178 e. The van der Waals surface area contributed by atoms with Crippen molar-refractivity contribution in [3.63, 3.8) is 0 Å². The molecule has 20 aromatic carbocycles. The minimum absolute atomic E-state index is 0.253. The fourth-order valence-corrected chi connectivity index (χ4v) is 22.4. The SMILES string of the molecule is CC1(C)c2cc(-c3ccc4c(c3)c3ccccc3n4-c3ccc(-c4ccccc4)cc3)ccc2Oc2c1ccc1c2oc2ccccc21.CC1(C)c2cc(-c3ccc4c(c3)c3ccccc3n4-c3ccccc3)ccc2Oc2c1ccc1c2oc2ccccc21.CC1(C)c2ccc(-c3ccc4c5ccccc5n(-c5ccc(-c6ccccc6)cc5)c4c3)cc2Oc2c1ccc1c2oc2ccccc21. The van der Waals surface area contributed by atoms with Gasteiger partial charge in [-0.25, -0.2) is 0 Å². The number of para-hydroxylation sites is 7. The Kier molecular flexibility index (Phi) is 17.9. The molecular formula is C129H89N3O6. The topological polar surface area (TPSA) is 81.9 Å². The second-order valence-corrected chi connectivity index (χ2v) is 38.5. The molecule has 3 aliphatic heterocycles. The minimum Gasteiger partial charge on any atom is -0.453 e. The van der Waals surface area contributed by atoms with Crippen molar-refractivity contribution >= 4 is 131 Å². The molecule has 138 heavy (non-hydrogen) atoms. The number of furan rings is 3. The first-order valence-corrected chi connectivity index (χ1v) is 47.5. The third-order valence-corrected chi connectivity index (χ3v) is 29.6. The van der Waals surface area contributed by atoms with E-state index in [9.17, 15) is 0 Å². The van der Waals surface area contributed by atoms with Gasteiger partial charge in [0, 0.05) is 131 Å². The number of rotatable bonds is 8. The van der Waals surface area contributed by atoms with Crippen molar-refractivity contribution in [3.05, 3.63) is 464 Å². The van der Waals surface area contributed by atoms with Crippen LogP contribution in [0, 0.1) is 0 Å². The summed E-state index contributed by atoms with van der Waals surface area (Å²) in [6.45, 7) is 13.7. The summed E-state index contributed by atoms with van der Waals surface area (Å²) < 4.78 is 46.3. The van der Waals surface area contributed by atoms with E-state index in [2.05, 4.69) is 450 Å². The first-order chi connectivity index (χ1) is 67.7. The van der Waals surface area contributed by atoms with Crippen molar-refractivity contribution in [1.29, 1.82) is 0 Å². The largest absolute Gasteiger partial charge is 0.453 e. The molecular weight excluding hydrogens is 1690 g/mol. The number of hydrogen-bond donors (Lipinski definition) is 0. The summed E-state index contributed by atoms with van der Waals surface area (Å²) in [6, 6.07) is 154. The van der Waals surface area contributed by atoms with Gasteiger partial charge in [-0.2, -0.15) is 0 Å². The molecule has 26 aromatic rings. The highest BCUT2D eigenvalue weighted by Gasteiger charge is 2.41. The van der Waals surface area contributed by atoms with Gasteiger partial charge in [-0.05, 0) is 207 Å². The van der Waals surface area contributed by atoms with Crippen LogP contribution in [0.1, 0.15) is 74.9 Å². The van der Waals surface area contributed by atoms with Crippen LogP contribution < -0.4 is 14.2 Å². The summed E-state index contributed by atoms with van der Waals surface area (Å²) >= 11 is 0. The number of ether oxygens (including phenoxy) is 3. The Bertz CT molecular complexity index is 9510. The van der Waals surface area contributed by atoms with E-state index in [-0.39, 0.29) is 16.2 Å². The van der Waals surface area contributed by atoms with E-state index in [0.717, 1.165) is 140 Å². The molecule has 0 amide bonds. The number of aromatic nitrogens is 3. The molecule has 9 heteroatoms. The van der Waals surface area contributed by atoms with E-state index in [0.29, 0.717) is 0 Å². The molecule has 0 saturated carbocycles. The van der Waals surface area contributed by atoms with Crippen LogP contribution in [0.25, 0.3) is 204 Å². The lowest BCUT2D eigenvalue weighted by molar-refractivity contribution is 0.415. The fraction of sp³-hybridized carbons (Fsp3) is 0.0698. The summed E-state index contributed by atoms with van der Waals surface area (Å²) in [5, 5.41) is 14.0. The van der Waals surface area contributed by atoms with Gasteiger partial charge < -0.3 is 41.2 Å². The monoisotopic (exact) mass is 1780 g/mol. The molecule has 0 saturated heterocycles. The lowest BCUT2D eigenvalue weighted by atomic mass is 9.75. The zero-order chi connectivity index (χ0) is 92.0. The average Bonchev–Trinajstić information content (AvgIpc) is 1.13. The predicted molar refractivity (Wildman–Crippen MR) is 567 cm³/mol. The number of nitrogens with zero attached hydrogens (tertiary/aromatic N) is 3. The van der Waals surface area contributed by atoms with Gasteiger partial charge in [0.25, 0.3) is 0 Å². The van der Waals surface area contributed by atoms with Gasteiger partial charge in [-0.1, -0.05) is 321 Å². The van der Waals surface area contributed by atoms with Gasteiger partial charge in [0.05, 0.1) is 33.1 Å². The maximum absolute atomic E-state index is 6.80. The quantitative estimate of drug-likeness (QED) is 0.151. The van der Waals surface area contributed by atoms with Crippen molar-refractivity contribution < 1.29 is 27.5 Å². The second-order valence-electron chi connectivity index (χ2n) is 38.5. The number of fused-ring (bicyclic) bond motifs is 27. The molecule has 9 nitrogen and oxygen atoms in total. The molecule has 0 radical (unpaired) electrons. The van der Waals surface area contributed by atoms with Crippen LogP contribution in [0.5, 0.6) is 34.5 Å². The molecule has 0 bridgehead atoms. The number of benzene rings is 20. The standard InChI is InChI=1S/2C45H31NO2.C39H27NO2/c1-45(2)37-23-22-35-34-13-7-9-15-41(34)47-43(35)44(37)48-42-25-19-31(27-38(42)45)30-18-24-40-36(26-30)33-12-6-8-14-39(33)46(40)32-20-16-29(17-21-32)28-10-4-3-5-11-28;1-45(2)37-24-19-31(27-42(37)48-44-38(45)25-23-36-35-13-7-9-15-41(35)47-43(36)44)30-18-22-34-33-12-6-8-14-39(33)46(40(34)26-30)32-20-16-29(17-21-32)28-10-4-3-5-11-28;1-39(2)31-19-18-29-28-13-7-9-15-35(28)41-37(29)38(31)42-36-21-17-25(23-32(36)39)24-16-20-34-30(22-24)27-12-6-8-14-33(27)40(34)26-10-4-3-5-11-26/h2*3-27H,1-2H3;3-23H,1-2H3. The summed E-state index contributed by atoms with van der Waals surface area (Å²) in [4.78, 5) is 0.